The summed E-state index contributed by atoms with van der Waals surface area (Å²) in [5.41, 5.74) is 2.49. The number of hydrogen-bond donors (Lipinski definition) is 1. The van der Waals surface area contributed by atoms with E-state index >= 15 is 0 Å². The predicted octanol–water partition coefficient (Wildman–Crippen LogP) is 1.08. The van der Waals surface area contributed by atoms with Gasteiger partial charge in [-0.15, -0.1) is 0 Å². The fourth-order valence-electron chi connectivity index (χ4n) is 4.02. The zero-order chi connectivity index (χ0) is 18.6. The Labute approximate surface area is 160 Å². The summed E-state index contributed by atoms with van der Waals surface area (Å²) in [5, 5.41) is 7.69. The molecule has 2 atom stereocenters. The molecule has 0 spiro atoms. The lowest BCUT2D eigenvalue weighted by Gasteiger charge is -2.36. The van der Waals surface area contributed by atoms with E-state index in [0.717, 1.165) is 44.4 Å². The number of nitrogens with zero attached hydrogens (tertiary/aromatic N) is 5. The topological polar surface area (TPSA) is 57.9 Å². The van der Waals surface area contributed by atoms with Crippen LogP contribution in [0.3, 0.4) is 0 Å². The molecule has 3 heterocycles. The van der Waals surface area contributed by atoms with Crippen LogP contribution in [0.1, 0.15) is 11.3 Å². The highest BCUT2D eigenvalue weighted by Gasteiger charge is 2.41. The third-order valence-corrected chi connectivity index (χ3v) is 5.51. The summed E-state index contributed by atoms with van der Waals surface area (Å²) in [7, 11) is 3.80. The van der Waals surface area contributed by atoms with Crippen LogP contribution in [0.25, 0.3) is 0 Å². The van der Waals surface area contributed by atoms with Gasteiger partial charge in [-0.05, 0) is 11.6 Å². The number of likely N-dealkylation sites (tertiary alicyclic amines) is 1. The maximum Gasteiger partial charge on any atom is 0.194 e. The van der Waals surface area contributed by atoms with Crippen LogP contribution >= 0.6 is 0 Å². The molecule has 0 bridgehead atoms. The van der Waals surface area contributed by atoms with E-state index in [9.17, 15) is 0 Å². The number of hydrogen-bond acceptors (Lipinski definition) is 4. The van der Waals surface area contributed by atoms with Gasteiger partial charge in [-0.3, -0.25) is 14.6 Å². The third-order valence-electron chi connectivity index (χ3n) is 5.51. The summed E-state index contributed by atoms with van der Waals surface area (Å²) < 4.78 is 7.97. The first-order chi connectivity index (χ1) is 13.2. The van der Waals surface area contributed by atoms with E-state index in [2.05, 4.69) is 55.5 Å². The van der Waals surface area contributed by atoms with Crippen molar-refractivity contribution >= 4 is 5.96 Å². The van der Waals surface area contributed by atoms with Crippen molar-refractivity contribution in [1.29, 1.82) is 0 Å². The molecule has 7 heteroatoms. The molecule has 0 amide bonds. The number of rotatable bonds is 4. The van der Waals surface area contributed by atoms with Crippen LogP contribution in [0, 0.1) is 0 Å². The second-order valence-corrected chi connectivity index (χ2v) is 7.18. The summed E-state index contributed by atoms with van der Waals surface area (Å²) in [6.45, 7) is 5.27. The Hall–Kier alpha value is -2.38. The zero-order valence-electron chi connectivity index (χ0n) is 16.1. The van der Waals surface area contributed by atoms with E-state index in [1.165, 1.54) is 5.56 Å². The number of guanidine groups is 1. The largest absolute Gasteiger partial charge is 0.373 e. The van der Waals surface area contributed by atoms with Crippen LogP contribution in [0.2, 0.25) is 0 Å². The van der Waals surface area contributed by atoms with Crippen molar-refractivity contribution in [2.45, 2.75) is 25.2 Å². The monoisotopic (exact) mass is 368 g/mol. The lowest BCUT2D eigenvalue weighted by atomic mass is 10.1. The van der Waals surface area contributed by atoms with Gasteiger partial charge in [0, 0.05) is 46.5 Å². The average molecular weight is 368 g/mol. The minimum Gasteiger partial charge on any atom is -0.373 e. The van der Waals surface area contributed by atoms with E-state index in [1.807, 2.05) is 31.0 Å². The smallest absolute Gasteiger partial charge is 0.194 e. The Morgan fingerprint density at radius 3 is 2.85 bits per heavy atom. The minimum atomic E-state index is 0.234. The predicted molar refractivity (Wildman–Crippen MR) is 105 cm³/mol. The number of nitrogens with one attached hydrogen (secondary N) is 1. The minimum absolute atomic E-state index is 0.234. The van der Waals surface area contributed by atoms with Crippen molar-refractivity contribution in [3.05, 3.63) is 53.9 Å². The van der Waals surface area contributed by atoms with Gasteiger partial charge < -0.3 is 15.0 Å². The lowest BCUT2D eigenvalue weighted by Crippen LogP contribution is -2.50. The maximum absolute atomic E-state index is 6.08. The highest BCUT2D eigenvalue weighted by Crippen LogP contribution is 2.24. The second-order valence-electron chi connectivity index (χ2n) is 7.18. The Bertz CT molecular complexity index is 774. The van der Waals surface area contributed by atoms with Gasteiger partial charge in [0.2, 0.25) is 0 Å². The standard InChI is InChI=1S/C20H28N6O/c1-21-20(22-12-17-8-9-23-24(17)2)26-14-18-19(15-26)27-11-10-25(18)13-16-6-4-3-5-7-16/h3-9,18-19H,10-15H2,1-2H3,(H,21,22). The molecule has 0 saturated carbocycles. The lowest BCUT2D eigenvalue weighted by molar-refractivity contribution is -0.0502. The maximum atomic E-state index is 6.08. The molecule has 2 aromatic rings. The van der Waals surface area contributed by atoms with Crippen molar-refractivity contribution in [1.82, 2.24) is 24.9 Å². The average Bonchev–Trinajstić information content (AvgIpc) is 3.30. The molecule has 0 radical (unpaired) electrons. The molecule has 2 fully saturated rings. The van der Waals surface area contributed by atoms with Crippen LogP contribution in [0.15, 0.2) is 47.6 Å². The highest BCUT2D eigenvalue weighted by molar-refractivity contribution is 5.80. The molecule has 1 N–H and O–H groups in total. The van der Waals surface area contributed by atoms with Gasteiger partial charge in [0.15, 0.2) is 5.96 Å². The van der Waals surface area contributed by atoms with Crippen molar-refractivity contribution in [2.24, 2.45) is 12.0 Å². The van der Waals surface area contributed by atoms with Gasteiger partial charge in [-0.1, -0.05) is 30.3 Å². The van der Waals surface area contributed by atoms with Crippen LogP contribution in [-0.2, 0) is 24.9 Å². The van der Waals surface area contributed by atoms with Crippen molar-refractivity contribution < 1.29 is 4.74 Å². The molecule has 2 saturated heterocycles. The molecule has 7 nitrogen and oxygen atoms in total. The summed E-state index contributed by atoms with van der Waals surface area (Å²) in [4.78, 5) is 9.36. The van der Waals surface area contributed by atoms with Gasteiger partial charge in [0.05, 0.1) is 31.0 Å². The number of benzene rings is 1. The molecular weight excluding hydrogens is 340 g/mol. The molecule has 1 aromatic carbocycles. The van der Waals surface area contributed by atoms with Gasteiger partial charge in [0.1, 0.15) is 0 Å². The van der Waals surface area contributed by atoms with E-state index in [1.54, 1.807) is 0 Å². The summed E-state index contributed by atoms with van der Waals surface area (Å²) in [6, 6.07) is 13.1. The third kappa shape index (κ3) is 3.99. The summed E-state index contributed by atoms with van der Waals surface area (Å²) in [5.74, 6) is 0.925. The van der Waals surface area contributed by atoms with Crippen molar-refractivity contribution in [3.63, 3.8) is 0 Å². The molecule has 27 heavy (non-hydrogen) atoms. The first-order valence-corrected chi connectivity index (χ1v) is 9.56. The molecular formula is C20H28N6O. The molecule has 4 rings (SSSR count). The molecule has 2 aliphatic rings. The number of fused-ring (bicyclic) bond motifs is 1. The SMILES string of the molecule is CN=C(NCc1ccnn1C)N1CC2OCCN(Cc3ccccc3)C2C1. The molecule has 2 unspecified atom stereocenters. The van der Waals surface area contributed by atoms with E-state index in [0.29, 0.717) is 12.6 Å². The van der Waals surface area contributed by atoms with Gasteiger partial charge >= 0.3 is 0 Å². The Balaban J connectivity index is 1.40. The number of aryl methyl sites for hydroxylation is 1. The van der Waals surface area contributed by atoms with Crippen LogP contribution in [-0.4, -0.2) is 71.0 Å². The molecule has 2 aliphatic heterocycles. The summed E-state index contributed by atoms with van der Waals surface area (Å²) >= 11 is 0. The highest BCUT2D eigenvalue weighted by atomic mass is 16.5. The fraction of sp³-hybridized carbons (Fsp3) is 0.500. The quantitative estimate of drug-likeness (QED) is 0.647. The first kappa shape index (κ1) is 18.0. The molecule has 144 valence electrons. The Morgan fingerprint density at radius 2 is 2.11 bits per heavy atom. The normalized spacial score (nSPS) is 23.5. The van der Waals surface area contributed by atoms with Gasteiger partial charge in [0.25, 0.3) is 0 Å². The van der Waals surface area contributed by atoms with Crippen molar-refractivity contribution in [3.8, 4) is 0 Å². The number of ether oxygens (including phenoxy) is 1. The van der Waals surface area contributed by atoms with Crippen LogP contribution in [0.5, 0.6) is 0 Å². The van der Waals surface area contributed by atoms with E-state index < -0.39 is 0 Å². The van der Waals surface area contributed by atoms with Crippen molar-refractivity contribution in [2.75, 3.05) is 33.3 Å². The Morgan fingerprint density at radius 1 is 1.26 bits per heavy atom. The van der Waals surface area contributed by atoms with Crippen LogP contribution < -0.4 is 5.32 Å². The number of morpholine rings is 1. The number of aromatic nitrogens is 2. The van der Waals surface area contributed by atoms with Gasteiger partial charge in [-0.25, -0.2) is 0 Å². The summed E-state index contributed by atoms with van der Waals surface area (Å²) in [6.07, 6.45) is 2.05. The number of aliphatic imine (C=N–C) groups is 1. The Kier molecular flexibility index (Phi) is 5.40. The van der Waals surface area contributed by atoms with E-state index in [-0.39, 0.29) is 6.10 Å². The first-order valence-electron chi connectivity index (χ1n) is 9.56. The zero-order valence-corrected chi connectivity index (χ0v) is 16.1. The molecule has 0 aliphatic carbocycles. The second kappa shape index (κ2) is 8.10. The van der Waals surface area contributed by atoms with Gasteiger partial charge in [-0.2, -0.15) is 5.10 Å². The van der Waals surface area contributed by atoms with Crippen LogP contribution in [0.4, 0.5) is 0 Å². The fourth-order valence-corrected chi connectivity index (χ4v) is 4.02. The van der Waals surface area contributed by atoms with E-state index in [4.69, 9.17) is 4.74 Å². The molecule has 1 aromatic heterocycles.